The number of ether oxygens (including phenoxy) is 1. The van der Waals surface area contributed by atoms with Crippen LogP contribution in [0.15, 0.2) is 53.4 Å². The molecule has 0 aromatic heterocycles. The number of rotatable bonds is 8. The first-order valence-electron chi connectivity index (χ1n) is 6.90. The molecule has 0 fully saturated rings. The molecule has 22 heavy (non-hydrogen) atoms. The van der Waals surface area contributed by atoms with Gasteiger partial charge in [0, 0.05) is 29.8 Å². The van der Waals surface area contributed by atoms with E-state index in [0.29, 0.717) is 6.54 Å². The van der Waals surface area contributed by atoms with Crippen molar-refractivity contribution in [2.75, 3.05) is 19.4 Å². The van der Waals surface area contributed by atoms with E-state index >= 15 is 0 Å². The van der Waals surface area contributed by atoms with Crippen LogP contribution in [0, 0.1) is 10.1 Å². The van der Waals surface area contributed by atoms with Crippen molar-refractivity contribution in [3.63, 3.8) is 0 Å². The second-order valence-electron chi connectivity index (χ2n) is 4.60. The molecular weight excluding hydrogens is 300 g/mol. The molecule has 2 aromatic rings. The van der Waals surface area contributed by atoms with E-state index in [1.54, 1.807) is 23.9 Å². The van der Waals surface area contributed by atoms with Crippen molar-refractivity contribution in [3.8, 4) is 5.75 Å². The molecule has 0 radical (unpaired) electrons. The maximum atomic E-state index is 11.0. The van der Waals surface area contributed by atoms with Crippen LogP contribution in [-0.4, -0.2) is 24.3 Å². The Kier molecular flexibility index (Phi) is 6.24. The lowest BCUT2D eigenvalue weighted by molar-refractivity contribution is -0.385. The number of nitro groups is 1. The fourth-order valence-electron chi connectivity index (χ4n) is 1.98. The molecule has 0 spiro atoms. The average molecular weight is 318 g/mol. The van der Waals surface area contributed by atoms with E-state index < -0.39 is 4.92 Å². The molecule has 116 valence electrons. The van der Waals surface area contributed by atoms with Crippen LogP contribution in [0.25, 0.3) is 0 Å². The van der Waals surface area contributed by atoms with Gasteiger partial charge in [-0.2, -0.15) is 0 Å². The van der Waals surface area contributed by atoms with Gasteiger partial charge in [-0.25, -0.2) is 0 Å². The van der Waals surface area contributed by atoms with Crippen LogP contribution in [0.1, 0.15) is 5.56 Å². The number of hydrogen-bond acceptors (Lipinski definition) is 5. The minimum Gasteiger partial charge on any atom is -0.490 e. The number of thioether (sulfide) groups is 1. The summed E-state index contributed by atoms with van der Waals surface area (Å²) in [6.07, 6.45) is 0. The number of nitrogens with one attached hydrogen (secondary N) is 1. The molecule has 0 atom stereocenters. The minimum atomic E-state index is -0.423. The van der Waals surface area contributed by atoms with E-state index in [0.717, 1.165) is 17.9 Å². The van der Waals surface area contributed by atoms with Crippen LogP contribution < -0.4 is 10.1 Å². The highest BCUT2D eigenvalue weighted by molar-refractivity contribution is 7.99. The zero-order valence-corrected chi connectivity index (χ0v) is 13.1. The van der Waals surface area contributed by atoms with Gasteiger partial charge in [0.1, 0.15) is 0 Å². The van der Waals surface area contributed by atoms with Gasteiger partial charge in [0.25, 0.3) is 0 Å². The van der Waals surface area contributed by atoms with Crippen LogP contribution in [0.3, 0.4) is 0 Å². The van der Waals surface area contributed by atoms with Crippen molar-refractivity contribution in [3.05, 3.63) is 64.2 Å². The van der Waals surface area contributed by atoms with Crippen LogP contribution in [0.5, 0.6) is 5.75 Å². The van der Waals surface area contributed by atoms with E-state index in [9.17, 15) is 10.1 Å². The normalized spacial score (nSPS) is 10.4. The summed E-state index contributed by atoms with van der Waals surface area (Å²) in [7, 11) is 1.43. The third-order valence-corrected chi connectivity index (χ3v) is 4.07. The predicted molar refractivity (Wildman–Crippen MR) is 88.5 cm³/mol. The van der Waals surface area contributed by atoms with Crippen molar-refractivity contribution in [2.45, 2.75) is 11.4 Å². The Balaban J connectivity index is 1.79. The number of nitrogens with zero attached hydrogens (tertiary/aromatic N) is 1. The monoisotopic (exact) mass is 318 g/mol. The molecule has 0 saturated heterocycles. The lowest BCUT2D eigenvalue weighted by atomic mass is 10.2. The zero-order chi connectivity index (χ0) is 15.8. The largest absolute Gasteiger partial charge is 0.490 e. The highest BCUT2D eigenvalue weighted by Gasteiger charge is 2.14. The molecule has 6 heteroatoms. The molecule has 0 heterocycles. The Bertz CT molecular complexity index is 620. The quantitative estimate of drug-likeness (QED) is 0.349. The number of benzene rings is 2. The summed E-state index contributed by atoms with van der Waals surface area (Å²) >= 11 is 1.78. The number of methoxy groups -OCH3 is 1. The van der Waals surface area contributed by atoms with Gasteiger partial charge in [-0.1, -0.05) is 24.3 Å². The Hall–Kier alpha value is -2.05. The van der Waals surface area contributed by atoms with Crippen LogP contribution in [0.2, 0.25) is 0 Å². The first kappa shape index (κ1) is 16.3. The summed E-state index contributed by atoms with van der Waals surface area (Å²) in [5.74, 6) is 1.23. The number of hydrogen-bond donors (Lipinski definition) is 1. The van der Waals surface area contributed by atoms with Crippen molar-refractivity contribution < 1.29 is 9.66 Å². The molecule has 0 saturated carbocycles. The summed E-state index contributed by atoms with van der Waals surface area (Å²) in [6.45, 7) is 1.43. The lowest BCUT2D eigenvalue weighted by Crippen LogP contribution is -2.16. The van der Waals surface area contributed by atoms with Crippen molar-refractivity contribution in [1.82, 2.24) is 5.32 Å². The molecule has 5 nitrogen and oxygen atoms in total. The SMILES string of the molecule is COc1ccc(CNCCSc2ccccc2)cc1[N+](=O)[O-]. The smallest absolute Gasteiger partial charge is 0.311 e. The molecule has 0 aliphatic carbocycles. The molecule has 2 aromatic carbocycles. The molecule has 0 bridgehead atoms. The Labute approximate surface area is 133 Å². The molecule has 2 rings (SSSR count). The van der Waals surface area contributed by atoms with Crippen LogP contribution in [-0.2, 0) is 6.54 Å². The van der Waals surface area contributed by atoms with Gasteiger partial charge in [-0.15, -0.1) is 11.8 Å². The summed E-state index contributed by atoms with van der Waals surface area (Å²) in [4.78, 5) is 11.8. The second-order valence-corrected chi connectivity index (χ2v) is 5.77. The fraction of sp³-hybridized carbons (Fsp3) is 0.250. The lowest BCUT2D eigenvalue weighted by Gasteiger charge is -2.07. The van der Waals surface area contributed by atoms with Gasteiger partial charge in [0.05, 0.1) is 12.0 Å². The maximum absolute atomic E-state index is 11.0. The first-order chi connectivity index (χ1) is 10.7. The molecule has 0 unspecified atom stereocenters. The van der Waals surface area contributed by atoms with Crippen LogP contribution in [0.4, 0.5) is 5.69 Å². The Morgan fingerprint density at radius 2 is 2.00 bits per heavy atom. The van der Waals surface area contributed by atoms with Crippen LogP contribution >= 0.6 is 11.8 Å². The fourth-order valence-corrected chi connectivity index (χ4v) is 2.81. The van der Waals surface area contributed by atoms with Gasteiger partial charge >= 0.3 is 5.69 Å². The third kappa shape index (κ3) is 4.75. The van der Waals surface area contributed by atoms with Gasteiger partial charge in [0.2, 0.25) is 0 Å². The summed E-state index contributed by atoms with van der Waals surface area (Å²) in [6, 6.07) is 15.2. The molecule has 0 aliphatic rings. The summed E-state index contributed by atoms with van der Waals surface area (Å²) in [5.41, 5.74) is 0.873. The predicted octanol–water partition coefficient (Wildman–Crippen LogP) is 3.49. The Morgan fingerprint density at radius 1 is 1.23 bits per heavy atom. The average Bonchev–Trinajstić information content (AvgIpc) is 2.55. The highest BCUT2D eigenvalue weighted by Crippen LogP contribution is 2.27. The van der Waals surface area contributed by atoms with E-state index in [2.05, 4.69) is 17.4 Å². The molecule has 0 amide bonds. The summed E-state index contributed by atoms with van der Waals surface area (Å²) in [5, 5.41) is 14.3. The van der Waals surface area contributed by atoms with Gasteiger partial charge < -0.3 is 10.1 Å². The van der Waals surface area contributed by atoms with Crippen molar-refractivity contribution in [2.24, 2.45) is 0 Å². The highest BCUT2D eigenvalue weighted by atomic mass is 32.2. The topological polar surface area (TPSA) is 64.4 Å². The van der Waals surface area contributed by atoms with E-state index in [1.165, 1.54) is 12.0 Å². The molecule has 0 aliphatic heterocycles. The molecular formula is C16H18N2O3S. The standard InChI is InChI=1S/C16H18N2O3S/c1-21-16-8-7-13(11-15(16)18(19)20)12-17-9-10-22-14-5-3-2-4-6-14/h2-8,11,17H,9-10,12H2,1H3. The van der Waals surface area contributed by atoms with Gasteiger partial charge in [-0.3, -0.25) is 10.1 Å². The third-order valence-electron chi connectivity index (χ3n) is 3.06. The van der Waals surface area contributed by atoms with Crippen molar-refractivity contribution >= 4 is 17.4 Å². The summed E-state index contributed by atoms with van der Waals surface area (Å²) < 4.78 is 4.99. The van der Waals surface area contributed by atoms with Crippen molar-refractivity contribution in [1.29, 1.82) is 0 Å². The van der Waals surface area contributed by atoms with E-state index in [1.807, 2.05) is 24.3 Å². The van der Waals surface area contributed by atoms with E-state index in [-0.39, 0.29) is 11.4 Å². The first-order valence-corrected chi connectivity index (χ1v) is 7.89. The second kappa shape index (κ2) is 8.41. The Morgan fingerprint density at radius 3 is 2.68 bits per heavy atom. The maximum Gasteiger partial charge on any atom is 0.311 e. The zero-order valence-electron chi connectivity index (χ0n) is 12.3. The minimum absolute atomic E-state index is 0.000426. The van der Waals surface area contributed by atoms with Gasteiger partial charge in [0.15, 0.2) is 5.75 Å². The number of nitro benzene ring substituents is 1. The van der Waals surface area contributed by atoms with Gasteiger partial charge in [-0.05, 0) is 23.8 Å². The van der Waals surface area contributed by atoms with E-state index in [4.69, 9.17) is 4.74 Å². The molecule has 1 N–H and O–H groups in total.